The van der Waals surface area contributed by atoms with Crippen LogP contribution in [0.3, 0.4) is 0 Å². The van der Waals surface area contributed by atoms with Crippen molar-refractivity contribution in [2.45, 2.75) is 11.3 Å². The van der Waals surface area contributed by atoms with Gasteiger partial charge in [-0.05, 0) is 59.0 Å². The molecule has 2 aromatic rings. The number of benzene rings is 2. The van der Waals surface area contributed by atoms with Crippen LogP contribution in [0, 0.1) is 9.39 Å². The van der Waals surface area contributed by atoms with Crippen molar-refractivity contribution in [3.05, 3.63) is 57.9 Å². The standard InChI is InChI=1S/C15H13FINO4S/c16-11-5-7-12(8-6-11)23(21,22)18(10-9-15(19)20)14-4-2-1-3-13(14)17/h1-8H,9-10H2,(H,19,20). The van der Waals surface area contributed by atoms with E-state index in [1.54, 1.807) is 24.3 Å². The molecule has 0 saturated heterocycles. The summed E-state index contributed by atoms with van der Waals surface area (Å²) >= 11 is 1.98. The van der Waals surface area contributed by atoms with E-state index in [-0.39, 0.29) is 17.9 Å². The lowest BCUT2D eigenvalue weighted by Gasteiger charge is -2.25. The van der Waals surface area contributed by atoms with Crippen LogP contribution in [0.2, 0.25) is 0 Å². The highest BCUT2D eigenvalue weighted by atomic mass is 127. The molecule has 2 rings (SSSR count). The molecule has 0 aliphatic carbocycles. The van der Waals surface area contributed by atoms with Crippen molar-refractivity contribution in [3.8, 4) is 0 Å². The van der Waals surface area contributed by atoms with E-state index in [1.165, 1.54) is 0 Å². The molecule has 122 valence electrons. The number of nitrogens with zero attached hydrogens (tertiary/aromatic N) is 1. The van der Waals surface area contributed by atoms with Gasteiger partial charge in [0.05, 0.1) is 17.0 Å². The minimum Gasteiger partial charge on any atom is -0.481 e. The van der Waals surface area contributed by atoms with E-state index in [0.29, 0.717) is 9.26 Å². The van der Waals surface area contributed by atoms with Crippen LogP contribution >= 0.6 is 22.6 Å². The van der Waals surface area contributed by atoms with Crippen LogP contribution < -0.4 is 4.31 Å². The molecule has 5 nitrogen and oxygen atoms in total. The third kappa shape index (κ3) is 4.20. The van der Waals surface area contributed by atoms with Crippen molar-refractivity contribution in [2.24, 2.45) is 0 Å². The van der Waals surface area contributed by atoms with E-state index >= 15 is 0 Å². The Balaban J connectivity index is 2.50. The van der Waals surface area contributed by atoms with Gasteiger partial charge >= 0.3 is 5.97 Å². The lowest BCUT2D eigenvalue weighted by Crippen LogP contribution is -2.33. The molecule has 0 unspecified atom stereocenters. The number of carbonyl (C=O) groups is 1. The predicted octanol–water partition coefficient (Wildman–Crippen LogP) is 3.10. The number of hydrogen-bond acceptors (Lipinski definition) is 3. The van der Waals surface area contributed by atoms with Gasteiger partial charge in [0, 0.05) is 10.1 Å². The zero-order valence-electron chi connectivity index (χ0n) is 11.8. The summed E-state index contributed by atoms with van der Waals surface area (Å²) in [5.74, 6) is -1.65. The average molecular weight is 449 g/mol. The monoisotopic (exact) mass is 449 g/mol. The summed E-state index contributed by atoms with van der Waals surface area (Å²) in [6.07, 6.45) is -0.342. The maximum atomic E-state index is 13.0. The predicted molar refractivity (Wildman–Crippen MR) is 92.3 cm³/mol. The van der Waals surface area contributed by atoms with Gasteiger partial charge in [-0.3, -0.25) is 9.10 Å². The molecule has 0 atom stereocenters. The molecule has 1 N–H and O–H groups in total. The maximum absolute atomic E-state index is 13.0. The fourth-order valence-corrected chi connectivity index (χ4v) is 4.28. The maximum Gasteiger partial charge on any atom is 0.305 e. The molecule has 0 aliphatic rings. The van der Waals surface area contributed by atoms with Gasteiger partial charge in [0.2, 0.25) is 0 Å². The van der Waals surface area contributed by atoms with Crippen molar-refractivity contribution in [1.82, 2.24) is 0 Å². The Morgan fingerprint density at radius 3 is 2.30 bits per heavy atom. The summed E-state index contributed by atoms with van der Waals surface area (Å²) in [7, 11) is -3.99. The molecule has 0 heterocycles. The largest absolute Gasteiger partial charge is 0.481 e. The first kappa shape index (κ1) is 17.7. The summed E-state index contributed by atoms with van der Waals surface area (Å²) in [4.78, 5) is 10.8. The Kier molecular flexibility index (Phi) is 5.58. The zero-order valence-corrected chi connectivity index (χ0v) is 14.8. The molecule has 0 aliphatic heterocycles. The van der Waals surface area contributed by atoms with Gasteiger partial charge in [0.15, 0.2) is 0 Å². The number of halogens is 2. The lowest BCUT2D eigenvalue weighted by molar-refractivity contribution is -0.136. The fraction of sp³-hybridized carbons (Fsp3) is 0.133. The molecule has 0 spiro atoms. The first-order chi connectivity index (χ1) is 10.8. The Morgan fingerprint density at radius 2 is 1.74 bits per heavy atom. The van der Waals surface area contributed by atoms with Gasteiger partial charge in [0.1, 0.15) is 5.82 Å². The molecule has 0 saturated carbocycles. The Morgan fingerprint density at radius 1 is 1.13 bits per heavy atom. The number of rotatable bonds is 6. The van der Waals surface area contributed by atoms with E-state index in [1.807, 2.05) is 22.6 Å². The molecular formula is C15H13FINO4S. The van der Waals surface area contributed by atoms with Crippen LogP contribution in [-0.4, -0.2) is 26.0 Å². The SMILES string of the molecule is O=C(O)CCN(c1ccccc1I)S(=O)(=O)c1ccc(F)cc1. The number of carboxylic acid groups (broad SMARTS) is 1. The number of para-hydroxylation sites is 1. The number of carboxylic acids is 1. The van der Waals surface area contributed by atoms with E-state index in [4.69, 9.17) is 5.11 Å². The van der Waals surface area contributed by atoms with Crippen LogP contribution in [0.15, 0.2) is 53.4 Å². The summed E-state index contributed by atoms with van der Waals surface area (Å²) in [6, 6.07) is 11.2. The summed E-state index contributed by atoms with van der Waals surface area (Å²) in [5, 5.41) is 8.88. The van der Waals surface area contributed by atoms with E-state index < -0.39 is 21.8 Å². The van der Waals surface area contributed by atoms with E-state index in [2.05, 4.69) is 0 Å². The third-order valence-corrected chi connectivity index (χ3v) is 5.79. The van der Waals surface area contributed by atoms with Crippen LogP contribution in [0.1, 0.15) is 6.42 Å². The Labute approximate surface area is 146 Å². The highest BCUT2D eigenvalue weighted by Gasteiger charge is 2.26. The van der Waals surface area contributed by atoms with Crippen LogP contribution in [-0.2, 0) is 14.8 Å². The van der Waals surface area contributed by atoms with Gasteiger partial charge in [0.25, 0.3) is 10.0 Å². The zero-order chi connectivity index (χ0) is 17.0. The highest BCUT2D eigenvalue weighted by molar-refractivity contribution is 14.1. The second kappa shape index (κ2) is 7.26. The summed E-state index contributed by atoms with van der Waals surface area (Å²) in [5.41, 5.74) is 0.388. The van der Waals surface area contributed by atoms with Crippen LogP contribution in [0.4, 0.5) is 10.1 Å². The second-order valence-electron chi connectivity index (χ2n) is 4.63. The number of hydrogen-bond donors (Lipinski definition) is 1. The van der Waals surface area contributed by atoms with Gasteiger partial charge in [-0.2, -0.15) is 0 Å². The van der Waals surface area contributed by atoms with Crippen LogP contribution in [0.25, 0.3) is 0 Å². The smallest absolute Gasteiger partial charge is 0.305 e. The molecule has 0 amide bonds. The molecule has 8 heteroatoms. The number of anilines is 1. The van der Waals surface area contributed by atoms with Crippen molar-refractivity contribution in [2.75, 3.05) is 10.8 Å². The quantitative estimate of drug-likeness (QED) is 0.689. The minimum atomic E-state index is -3.99. The molecule has 0 radical (unpaired) electrons. The normalized spacial score (nSPS) is 11.2. The van der Waals surface area contributed by atoms with Crippen molar-refractivity contribution in [1.29, 1.82) is 0 Å². The first-order valence-corrected chi connectivity index (χ1v) is 9.09. The van der Waals surface area contributed by atoms with Crippen molar-refractivity contribution >= 4 is 44.3 Å². The van der Waals surface area contributed by atoms with Gasteiger partial charge in [-0.15, -0.1) is 0 Å². The second-order valence-corrected chi connectivity index (χ2v) is 7.65. The third-order valence-electron chi connectivity index (χ3n) is 3.05. The van der Waals surface area contributed by atoms with Crippen LogP contribution in [0.5, 0.6) is 0 Å². The number of sulfonamides is 1. The molecular weight excluding hydrogens is 436 g/mol. The Hall–Kier alpha value is -1.68. The molecule has 2 aromatic carbocycles. The Bertz CT molecular complexity index is 808. The molecule has 0 fully saturated rings. The van der Waals surface area contributed by atoms with Crippen molar-refractivity contribution < 1.29 is 22.7 Å². The highest BCUT2D eigenvalue weighted by Crippen LogP contribution is 2.28. The lowest BCUT2D eigenvalue weighted by atomic mass is 10.3. The van der Waals surface area contributed by atoms with Crippen molar-refractivity contribution in [3.63, 3.8) is 0 Å². The number of aliphatic carboxylic acids is 1. The summed E-state index contributed by atoms with van der Waals surface area (Å²) < 4.78 is 40.4. The molecule has 0 aromatic heterocycles. The minimum absolute atomic E-state index is 0.0936. The molecule has 23 heavy (non-hydrogen) atoms. The molecule has 0 bridgehead atoms. The average Bonchev–Trinajstić information content (AvgIpc) is 2.49. The van der Waals surface area contributed by atoms with E-state index in [9.17, 15) is 17.6 Å². The van der Waals surface area contributed by atoms with Gasteiger partial charge in [-0.1, -0.05) is 12.1 Å². The summed E-state index contributed by atoms with van der Waals surface area (Å²) in [6.45, 7) is -0.213. The first-order valence-electron chi connectivity index (χ1n) is 6.57. The van der Waals surface area contributed by atoms with Gasteiger partial charge < -0.3 is 5.11 Å². The van der Waals surface area contributed by atoms with Gasteiger partial charge in [-0.25, -0.2) is 12.8 Å². The van der Waals surface area contributed by atoms with E-state index in [0.717, 1.165) is 28.6 Å². The topological polar surface area (TPSA) is 74.7 Å². The fourth-order valence-electron chi connectivity index (χ4n) is 1.96.